The molecule has 0 radical (unpaired) electrons. The van der Waals surface area contributed by atoms with Crippen LogP contribution in [0.4, 0.5) is 0 Å². The zero-order valence-electron chi connectivity index (χ0n) is 19.0. The monoisotopic (exact) mass is 424 g/mol. The van der Waals surface area contributed by atoms with Crippen molar-refractivity contribution in [3.05, 3.63) is 65.5 Å². The number of pyridine rings is 1. The fourth-order valence-electron chi connectivity index (χ4n) is 8.84. The van der Waals surface area contributed by atoms with Gasteiger partial charge in [0.2, 0.25) is 5.91 Å². The van der Waals surface area contributed by atoms with Gasteiger partial charge < -0.3 is 5.32 Å². The molecule has 3 fully saturated rings. The number of carbonyl (C=O) groups is 1. The van der Waals surface area contributed by atoms with Gasteiger partial charge in [-0.3, -0.25) is 9.78 Å². The Bertz CT molecular complexity index is 1210. The summed E-state index contributed by atoms with van der Waals surface area (Å²) in [6.45, 7) is 3.45. The minimum Gasteiger partial charge on any atom is -0.355 e. The first-order valence-corrected chi connectivity index (χ1v) is 12.5. The van der Waals surface area contributed by atoms with E-state index in [0.29, 0.717) is 23.2 Å². The summed E-state index contributed by atoms with van der Waals surface area (Å²) in [5.41, 5.74) is 5.54. The highest BCUT2D eigenvalue weighted by atomic mass is 16.1. The lowest BCUT2D eigenvalue weighted by atomic mass is 9.50. The third-order valence-corrected chi connectivity index (χ3v) is 10.4. The standard InChI is InChI=1S/C29H32N2O/c1-27-10-8-23-15-22-4-7-26(32)31-18-28(22)11-12-29(23,17-28)25(27)6-5-24(27)20-3-2-19-9-13-30-16-21(19)14-20/h2-3,8-9,13-16,24-25H,4-7,10-12,17-18H2,1H3,(H,31,32)/t24-,25-,27-,28-,29-/m1/s1. The van der Waals surface area contributed by atoms with Gasteiger partial charge >= 0.3 is 0 Å². The lowest BCUT2D eigenvalue weighted by Crippen LogP contribution is -2.46. The number of aromatic nitrogens is 1. The molecule has 2 saturated carbocycles. The van der Waals surface area contributed by atoms with Crippen LogP contribution in [-0.2, 0) is 4.79 Å². The van der Waals surface area contributed by atoms with E-state index in [1.54, 1.807) is 11.1 Å². The van der Waals surface area contributed by atoms with Crippen LogP contribution >= 0.6 is 0 Å². The molecule has 5 aliphatic rings. The third-order valence-electron chi connectivity index (χ3n) is 10.4. The number of hydrogen-bond acceptors (Lipinski definition) is 2. The van der Waals surface area contributed by atoms with Gasteiger partial charge in [-0.25, -0.2) is 0 Å². The Labute approximate surface area is 190 Å². The van der Waals surface area contributed by atoms with E-state index in [1.165, 1.54) is 54.9 Å². The van der Waals surface area contributed by atoms with Crippen molar-refractivity contribution >= 4 is 16.7 Å². The molecule has 3 heteroatoms. The first kappa shape index (κ1) is 19.1. The molecule has 1 aliphatic heterocycles. The summed E-state index contributed by atoms with van der Waals surface area (Å²) in [5.74, 6) is 1.59. The molecule has 1 saturated heterocycles. The molecule has 1 N–H and O–H groups in total. The molecule has 2 aromatic rings. The van der Waals surface area contributed by atoms with Crippen molar-refractivity contribution in [3.63, 3.8) is 0 Å². The van der Waals surface area contributed by atoms with E-state index in [0.717, 1.165) is 18.9 Å². The van der Waals surface area contributed by atoms with Crippen LogP contribution < -0.4 is 5.32 Å². The summed E-state index contributed by atoms with van der Waals surface area (Å²) in [5, 5.41) is 5.82. The maximum atomic E-state index is 12.2. The highest BCUT2D eigenvalue weighted by Gasteiger charge is 2.64. The van der Waals surface area contributed by atoms with Crippen LogP contribution in [0, 0.1) is 22.2 Å². The molecule has 2 heterocycles. The molecule has 164 valence electrons. The summed E-state index contributed by atoms with van der Waals surface area (Å²) < 4.78 is 0. The number of fused-ring (bicyclic) bond motifs is 2. The molecule has 1 aromatic carbocycles. The van der Waals surface area contributed by atoms with Crippen molar-refractivity contribution in [2.45, 2.75) is 64.2 Å². The minimum atomic E-state index is 0.217. The number of rotatable bonds is 1. The summed E-state index contributed by atoms with van der Waals surface area (Å²) >= 11 is 0. The molecule has 3 nitrogen and oxygen atoms in total. The molecule has 1 amide bonds. The van der Waals surface area contributed by atoms with Crippen LogP contribution in [0.15, 0.2) is 60.0 Å². The smallest absolute Gasteiger partial charge is 0.220 e. The van der Waals surface area contributed by atoms with Gasteiger partial charge in [-0.2, -0.15) is 0 Å². The zero-order valence-corrected chi connectivity index (χ0v) is 19.0. The van der Waals surface area contributed by atoms with Gasteiger partial charge in [-0.1, -0.05) is 36.8 Å². The van der Waals surface area contributed by atoms with Crippen LogP contribution in [0.25, 0.3) is 10.8 Å². The van der Waals surface area contributed by atoms with Gasteiger partial charge in [0.25, 0.3) is 0 Å². The number of carbonyl (C=O) groups excluding carboxylic acids is 1. The number of hydrogen-bond donors (Lipinski definition) is 1. The maximum absolute atomic E-state index is 12.2. The summed E-state index contributed by atoms with van der Waals surface area (Å²) in [6.07, 6.45) is 18.3. The molecular formula is C29H32N2O. The van der Waals surface area contributed by atoms with Crippen molar-refractivity contribution in [2.75, 3.05) is 6.54 Å². The van der Waals surface area contributed by atoms with Crippen molar-refractivity contribution in [2.24, 2.45) is 22.2 Å². The summed E-state index contributed by atoms with van der Waals surface area (Å²) in [4.78, 5) is 16.5. The molecule has 0 unspecified atom stereocenters. The van der Waals surface area contributed by atoms with Gasteiger partial charge in [0.15, 0.2) is 0 Å². The van der Waals surface area contributed by atoms with Gasteiger partial charge in [-0.05, 0) is 96.3 Å². The van der Waals surface area contributed by atoms with Crippen molar-refractivity contribution in [3.8, 4) is 0 Å². The largest absolute Gasteiger partial charge is 0.355 e. The van der Waals surface area contributed by atoms with E-state index in [1.807, 2.05) is 12.4 Å². The summed E-state index contributed by atoms with van der Waals surface area (Å²) in [6, 6.07) is 9.20. The fourth-order valence-corrected chi connectivity index (χ4v) is 8.84. The maximum Gasteiger partial charge on any atom is 0.220 e. The second kappa shape index (κ2) is 6.34. The normalized spacial score (nSPS) is 40.0. The van der Waals surface area contributed by atoms with Crippen LogP contribution in [-0.4, -0.2) is 17.4 Å². The predicted molar refractivity (Wildman–Crippen MR) is 127 cm³/mol. The molecule has 7 rings (SSSR count). The Kier molecular flexibility index (Phi) is 3.78. The van der Waals surface area contributed by atoms with E-state index in [4.69, 9.17) is 0 Å². The Balaban J connectivity index is 1.30. The fraction of sp³-hybridized carbons (Fsp3) is 0.517. The highest BCUT2D eigenvalue weighted by Crippen LogP contribution is 2.73. The number of nitrogens with zero attached hydrogens (tertiary/aromatic N) is 1. The number of benzene rings is 1. The molecule has 2 bridgehead atoms. The van der Waals surface area contributed by atoms with Gasteiger partial charge in [0, 0.05) is 36.2 Å². The van der Waals surface area contributed by atoms with Gasteiger partial charge in [0.05, 0.1) is 0 Å². The lowest BCUT2D eigenvalue weighted by Gasteiger charge is -2.53. The third kappa shape index (κ3) is 2.37. The first-order chi connectivity index (χ1) is 15.5. The topological polar surface area (TPSA) is 42.0 Å². The molecular weight excluding hydrogens is 392 g/mol. The first-order valence-electron chi connectivity index (χ1n) is 12.5. The molecule has 5 atom stereocenters. The molecule has 1 aromatic heterocycles. The van der Waals surface area contributed by atoms with Gasteiger partial charge in [0.1, 0.15) is 0 Å². The lowest BCUT2D eigenvalue weighted by molar-refractivity contribution is -0.120. The number of amides is 1. The number of nitrogens with one attached hydrogen (secondary N) is 1. The van der Waals surface area contributed by atoms with Crippen molar-refractivity contribution in [1.82, 2.24) is 10.3 Å². The van der Waals surface area contributed by atoms with Crippen LogP contribution in [0.5, 0.6) is 0 Å². The van der Waals surface area contributed by atoms with Crippen LogP contribution in [0.1, 0.15) is 69.8 Å². The highest BCUT2D eigenvalue weighted by molar-refractivity contribution is 5.82. The van der Waals surface area contributed by atoms with E-state index in [9.17, 15) is 4.79 Å². The Morgan fingerprint density at radius 3 is 2.97 bits per heavy atom. The Morgan fingerprint density at radius 1 is 1.09 bits per heavy atom. The van der Waals surface area contributed by atoms with Crippen molar-refractivity contribution < 1.29 is 4.79 Å². The van der Waals surface area contributed by atoms with E-state index in [-0.39, 0.29) is 11.3 Å². The van der Waals surface area contributed by atoms with E-state index >= 15 is 0 Å². The molecule has 4 aliphatic carbocycles. The Hall–Kier alpha value is -2.42. The summed E-state index contributed by atoms with van der Waals surface area (Å²) in [7, 11) is 0. The van der Waals surface area contributed by atoms with Crippen molar-refractivity contribution in [1.29, 1.82) is 0 Å². The average Bonchev–Trinajstić information content (AvgIpc) is 3.28. The molecule has 32 heavy (non-hydrogen) atoms. The van der Waals surface area contributed by atoms with Gasteiger partial charge in [-0.15, -0.1) is 0 Å². The Morgan fingerprint density at radius 2 is 2.03 bits per heavy atom. The van der Waals surface area contributed by atoms with Crippen LogP contribution in [0.3, 0.4) is 0 Å². The number of allylic oxidation sites excluding steroid dienone is 3. The predicted octanol–water partition coefficient (Wildman–Crippen LogP) is 6.07. The average molecular weight is 425 g/mol. The quantitative estimate of drug-likeness (QED) is 0.603. The second-order valence-electron chi connectivity index (χ2n) is 11.6. The SMILES string of the molecule is C[C@]12CC=C3C=C4CCC(=O)NC[C@]45CC[C@]3(C5)[C@@H]1CC[C@@H]2c1ccc2ccncc2c1. The second-order valence-corrected chi connectivity index (χ2v) is 11.6. The molecule has 2 spiro atoms. The van der Waals surface area contributed by atoms with Crippen LogP contribution in [0.2, 0.25) is 0 Å². The van der Waals surface area contributed by atoms with E-state index < -0.39 is 0 Å². The van der Waals surface area contributed by atoms with E-state index in [2.05, 4.69) is 53.6 Å². The minimum absolute atomic E-state index is 0.217. The zero-order chi connectivity index (χ0) is 21.6.